The van der Waals surface area contributed by atoms with Crippen LogP contribution in [-0.2, 0) is 26.6 Å². The van der Waals surface area contributed by atoms with Crippen LogP contribution in [0.3, 0.4) is 0 Å². The molecule has 0 unspecified atom stereocenters. The van der Waals surface area contributed by atoms with Crippen LogP contribution in [0, 0.1) is 5.41 Å². The summed E-state index contributed by atoms with van der Waals surface area (Å²) in [6, 6.07) is 19.6. The van der Waals surface area contributed by atoms with Gasteiger partial charge in [0.15, 0.2) is 0 Å². The number of benzene rings is 2. The van der Waals surface area contributed by atoms with Crippen molar-refractivity contribution in [1.82, 2.24) is 14.0 Å². The topological polar surface area (TPSA) is 46.2 Å². The molecule has 5 nitrogen and oxygen atoms in total. The standard InChI is InChI=1S/C26H25F2IN4O/c1-31-23-10-11-32(17-26(27,28)29)15-22(23)21-8-7-19(13-24(21)31)33-12-9-20(14-25(33)30)34-16-18-5-3-2-4-6-18/h2-9,12-14,30H,10-11,15-17H2,1H3. The summed E-state index contributed by atoms with van der Waals surface area (Å²) >= 11 is 1.22. The fourth-order valence-corrected chi connectivity index (χ4v) is 5.18. The van der Waals surface area contributed by atoms with Crippen LogP contribution in [0.2, 0.25) is 0 Å². The van der Waals surface area contributed by atoms with Gasteiger partial charge in [0.05, 0.1) is 12.1 Å². The van der Waals surface area contributed by atoms with Crippen molar-refractivity contribution in [2.24, 2.45) is 7.05 Å². The average Bonchev–Trinajstić information content (AvgIpc) is 3.08. The number of ether oxygens (including phenoxy) is 1. The highest BCUT2D eigenvalue weighted by molar-refractivity contribution is 14.1. The monoisotopic (exact) mass is 574 g/mol. The number of alkyl halides is 3. The normalized spacial score (nSPS) is 14.4. The summed E-state index contributed by atoms with van der Waals surface area (Å²) < 4.78 is 34.2. The Balaban J connectivity index is 1.41. The van der Waals surface area contributed by atoms with E-state index in [1.54, 1.807) is 6.07 Å². The maximum atomic E-state index is 13.6. The summed E-state index contributed by atoms with van der Waals surface area (Å²) in [4.78, 5) is 1.83. The van der Waals surface area contributed by atoms with Crippen LogP contribution in [0.4, 0.5) is 8.78 Å². The number of nitrogens with zero attached hydrogens (tertiary/aromatic N) is 3. The van der Waals surface area contributed by atoms with E-state index in [1.807, 2.05) is 71.2 Å². The van der Waals surface area contributed by atoms with E-state index in [0.717, 1.165) is 34.1 Å². The second kappa shape index (κ2) is 9.14. The van der Waals surface area contributed by atoms with E-state index in [9.17, 15) is 8.78 Å². The largest absolute Gasteiger partial charge is 0.489 e. The first kappa shape index (κ1) is 23.0. The fraction of sp³-hybridized carbons (Fsp3) is 0.269. The van der Waals surface area contributed by atoms with Crippen molar-refractivity contribution in [3.63, 3.8) is 0 Å². The van der Waals surface area contributed by atoms with Crippen molar-refractivity contribution in [2.45, 2.75) is 23.5 Å². The molecule has 34 heavy (non-hydrogen) atoms. The van der Waals surface area contributed by atoms with Gasteiger partial charge in [-0.25, -0.2) is 0 Å². The zero-order valence-corrected chi connectivity index (χ0v) is 20.9. The molecule has 0 bridgehead atoms. The van der Waals surface area contributed by atoms with Crippen LogP contribution in [0.25, 0.3) is 16.6 Å². The highest BCUT2D eigenvalue weighted by atomic mass is 127. The predicted octanol–water partition coefficient (Wildman–Crippen LogP) is 5.41. The fourth-order valence-electron chi connectivity index (χ4n) is 4.69. The Hall–Kier alpha value is -2.72. The lowest BCUT2D eigenvalue weighted by molar-refractivity contribution is 0.0660. The zero-order valence-electron chi connectivity index (χ0n) is 18.8. The lowest BCUT2D eigenvalue weighted by Gasteiger charge is -2.29. The molecule has 0 saturated carbocycles. The Labute approximate surface area is 210 Å². The molecule has 8 heteroatoms. The van der Waals surface area contributed by atoms with Crippen LogP contribution < -0.4 is 10.2 Å². The summed E-state index contributed by atoms with van der Waals surface area (Å²) in [5.41, 5.74) is 5.63. The molecule has 0 atom stereocenters. The number of hydrogen-bond donors (Lipinski definition) is 1. The minimum Gasteiger partial charge on any atom is -0.489 e. The third-order valence-corrected chi connectivity index (χ3v) is 6.66. The number of pyridine rings is 1. The molecule has 5 rings (SSSR count). The average molecular weight is 574 g/mol. The molecule has 1 aliphatic rings. The number of halogens is 3. The molecule has 2 aromatic heterocycles. The van der Waals surface area contributed by atoms with Crippen molar-refractivity contribution < 1.29 is 13.5 Å². The van der Waals surface area contributed by atoms with E-state index in [1.165, 1.54) is 28.3 Å². The van der Waals surface area contributed by atoms with Gasteiger partial charge in [0.25, 0.3) is 0 Å². The van der Waals surface area contributed by atoms with E-state index >= 15 is 0 Å². The lowest BCUT2D eigenvalue weighted by Crippen LogP contribution is -2.37. The van der Waals surface area contributed by atoms with Gasteiger partial charge in [-0.3, -0.25) is 10.3 Å². The highest BCUT2D eigenvalue weighted by Crippen LogP contribution is 2.33. The van der Waals surface area contributed by atoms with E-state index in [-0.39, 0.29) is 6.54 Å². The number of aryl methyl sites for hydroxylation is 1. The van der Waals surface area contributed by atoms with Gasteiger partial charge >= 0.3 is 3.93 Å². The van der Waals surface area contributed by atoms with Gasteiger partial charge < -0.3 is 13.9 Å². The van der Waals surface area contributed by atoms with Crippen molar-refractivity contribution in [3.8, 4) is 11.4 Å². The Morgan fingerprint density at radius 3 is 2.62 bits per heavy atom. The Morgan fingerprint density at radius 1 is 1.09 bits per heavy atom. The quantitative estimate of drug-likeness (QED) is 0.247. The Morgan fingerprint density at radius 2 is 1.88 bits per heavy atom. The number of aromatic nitrogens is 2. The number of nitrogens with one attached hydrogen (secondary N) is 1. The van der Waals surface area contributed by atoms with Crippen LogP contribution in [0.1, 0.15) is 16.8 Å². The molecule has 0 aliphatic carbocycles. The number of rotatable bonds is 6. The van der Waals surface area contributed by atoms with E-state index in [2.05, 4.69) is 10.6 Å². The van der Waals surface area contributed by atoms with Crippen LogP contribution in [0.15, 0.2) is 66.9 Å². The predicted molar refractivity (Wildman–Crippen MR) is 137 cm³/mol. The molecule has 176 valence electrons. The second-order valence-electron chi connectivity index (χ2n) is 8.65. The van der Waals surface area contributed by atoms with Crippen LogP contribution in [0.5, 0.6) is 5.75 Å². The summed E-state index contributed by atoms with van der Waals surface area (Å²) in [6.45, 7) is 1.36. The van der Waals surface area contributed by atoms with E-state index in [4.69, 9.17) is 10.1 Å². The van der Waals surface area contributed by atoms with E-state index < -0.39 is 3.93 Å². The SMILES string of the molecule is Cn1c2c(c3ccc(-n4ccc(OCc5ccccc5)cc4=N)cc31)CN(CC(F)(F)I)CC2. The van der Waals surface area contributed by atoms with Gasteiger partial charge in [0, 0.05) is 78.2 Å². The smallest absolute Gasteiger partial charge is 0.308 e. The molecule has 0 radical (unpaired) electrons. The first-order valence-electron chi connectivity index (χ1n) is 11.1. The molecule has 1 N–H and O–H groups in total. The van der Waals surface area contributed by atoms with Gasteiger partial charge in [-0.1, -0.05) is 36.4 Å². The maximum absolute atomic E-state index is 13.6. The summed E-state index contributed by atoms with van der Waals surface area (Å²) in [5.74, 6) is 0.646. The lowest BCUT2D eigenvalue weighted by atomic mass is 10.0. The molecule has 0 spiro atoms. The maximum Gasteiger partial charge on any atom is 0.308 e. The zero-order chi connectivity index (χ0) is 23.9. The van der Waals surface area contributed by atoms with Gasteiger partial charge in [0.1, 0.15) is 17.8 Å². The van der Waals surface area contributed by atoms with Crippen LogP contribution in [-0.4, -0.2) is 31.1 Å². The number of fused-ring (bicyclic) bond motifs is 3. The molecule has 2 aromatic carbocycles. The second-order valence-corrected chi connectivity index (χ2v) is 10.2. The molecular formula is C26H25F2IN4O. The third kappa shape index (κ3) is 4.74. The van der Waals surface area contributed by atoms with Gasteiger partial charge in [-0.15, -0.1) is 0 Å². The molecule has 0 saturated heterocycles. The van der Waals surface area contributed by atoms with Crippen LogP contribution >= 0.6 is 22.6 Å². The summed E-state index contributed by atoms with van der Waals surface area (Å²) in [7, 11) is 2.03. The third-order valence-electron chi connectivity index (χ3n) is 6.32. The first-order valence-corrected chi connectivity index (χ1v) is 12.2. The van der Waals surface area contributed by atoms with Gasteiger partial charge in [0.2, 0.25) is 0 Å². The molecule has 0 fully saturated rings. The summed E-state index contributed by atoms with van der Waals surface area (Å²) in [5, 5.41) is 9.61. The van der Waals surface area contributed by atoms with Crippen molar-refractivity contribution >= 4 is 33.5 Å². The molecule has 1 aliphatic heterocycles. The molecule has 3 heterocycles. The Bertz CT molecular complexity index is 1390. The molecule has 4 aromatic rings. The van der Waals surface area contributed by atoms with E-state index in [0.29, 0.717) is 30.9 Å². The highest BCUT2D eigenvalue weighted by Gasteiger charge is 2.31. The Kier molecular flexibility index (Phi) is 6.20. The first-order chi connectivity index (χ1) is 16.3. The van der Waals surface area contributed by atoms with Crippen molar-refractivity contribution in [1.29, 1.82) is 5.41 Å². The van der Waals surface area contributed by atoms with Gasteiger partial charge in [-0.2, -0.15) is 8.78 Å². The van der Waals surface area contributed by atoms with Crippen molar-refractivity contribution in [3.05, 3.63) is 89.2 Å². The van der Waals surface area contributed by atoms with Crippen molar-refractivity contribution in [2.75, 3.05) is 13.1 Å². The summed E-state index contributed by atoms with van der Waals surface area (Å²) in [6.07, 6.45) is 2.59. The number of hydrogen-bond acceptors (Lipinski definition) is 3. The minimum atomic E-state index is -2.73. The minimum absolute atomic E-state index is 0.238. The van der Waals surface area contributed by atoms with Gasteiger partial charge in [-0.05, 0) is 29.3 Å². The molecular weight excluding hydrogens is 549 g/mol. The molecule has 0 amide bonds.